The van der Waals surface area contributed by atoms with E-state index in [0.29, 0.717) is 11.8 Å². The molecule has 0 aromatic heterocycles. The summed E-state index contributed by atoms with van der Waals surface area (Å²) in [6.45, 7) is 11.1. The SMILES string of the molecule is CCC(C)CC(C)CC(O)CC(C)C. The van der Waals surface area contributed by atoms with E-state index in [1.165, 1.54) is 12.8 Å². The maximum absolute atomic E-state index is 9.78. The Balaban J connectivity index is 3.65. The Hall–Kier alpha value is -0.0400. The highest BCUT2D eigenvalue weighted by atomic mass is 16.3. The predicted molar refractivity (Wildman–Crippen MR) is 63.3 cm³/mol. The van der Waals surface area contributed by atoms with Gasteiger partial charge in [0.15, 0.2) is 0 Å². The van der Waals surface area contributed by atoms with Gasteiger partial charge < -0.3 is 5.11 Å². The average Bonchev–Trinajstić information content (AvgIpc) is 2.01. The molecule has 0 fully saturated rings. The highest BCUT2D eigenvalue weighted by molar-refractivity contribution is 4.65. The Labute approximate surface area is 89.9 Å². The Kier molecular flexibility index (Phi) is 7.26. The van der Waals surface area contributed by atoms with Gasteiger partial charge in [0.2, 0.25) is 0 Å². The molecule has 14 heavy (non-hydrogen) atoms. The Bertz CT molecular complexity index is 131. The smallest absolute Gasteiger partial charge is 0.0545 e. The largest absolute Gasteiger partial charge is 0.393 e. The van der Waals surface area contributed by atoms with Crippen molar-refractivity contribution < 1.29 is 5.11 Å². The molecule has 1 nitrogen and oxygen atoms in total. The van der Waals surface area contributed by atoms with Crippen molar-refractivity contribution in [2.24, 2.45) is 17.8 Å². The summed E-state index contributed by atoms with van der Waals surface area (Å²) in [7, 11) is 0. The molecule has 3 atom stereocenters. The van der Waals surface area contributed by atoms with E-state index in [-0.39, 0.29) is 6.10 Å². The molecule has 0 spiro atoms. The molecular formula is C13H28O. The van der Waals surface area contributed by atoms with Crippen LogP contribution in [0.15, 0.2) is 0 Å². The van der Waals surface area contributed by atoms with Crippen molar-refractivity contribution in [2.45, 2.75) is 66.4 Å². The molecule has 1 heteroatoms. The summed E-state index contributed by atoms with van der Waals surface area (Å²) in [6, 6.07) is 0. The van der Waals surface area contributed by atoms with Crippen molar-refractivity contribution in [3.05, 3.63) is 0 Å². The van der Waals surface area contributed by atoms with Crippen molar-refractivity contribution in [1.29, 1.82) is 0 Å². The number of aliphatic hydroxyl groups excluding tert-OH is 1. The first-order valence-corrected chi connectivity index (χ1v) is 6.13. The lowest BCUT2D eigenvalue weighted by atomic mass is 9.89. The fraction of sp³-hybridized carbons (Fsp3) is 1.00. The minimum absolute atomic E-state index is 0.0888. The number of aliphatic hydroxyl groups is 1. The molecule has 0 saturated heterocycles. The van der Waals surface area contributed by atoms with Crippen LogP contribution in [0.5, 0.6) is 0 Å². The molecule has 0 radical (unpaired) electrons. The number of rotatable bonds is 7. The molecule has 0 heterocycles. The molecule has 0 amide bonds. The van der Waals surface area contributed by atoms with Gasteiger partial charge in [-0.05, 0) is 37.0 Å². The second-order valence-corrected chi connectivity index (χ2v) is 5.37. The van der Waals surface area contributed by atoms with Gasteiger partial charge >= 0.3 is 0 Å². The van der Waals surface area contributed by atoms with Crippen LogP contribution in [0.3, 0.4) is 0 Å². The van der Waals surface area contributed by atoms with Crippen molar-refractivity contribution in [2.75, 3.05) is 0 Å². The third-order valence-electron chi connectivity index (χ3n) is 2.92. The number of hydrogen-bond acceptors (Lipinski definition) is 1. The van der Waals surface area contributed by atoms with Crippen LogP contribution in [0.25, 0.3) is 0 Å². The van der Waals surface area contributed by atoms with Gasteiger partial charge in [0.25, 0.3) is 0 Å². The van der Waals surface area contributed by atoms with Crippen LogP contribution < -0.4 is 0 Å². The van der Waals surface area contributed by atoms with Crippen LogP contribution in [0.4, 0.5) is 0 Å². The first-order valence-electron chi connectivity index (χ1n) is 6.13. The van der Waals surface area contributed by atoms with Gasteiger partial charge in [-0.2, -0.15) is 0 Å². The second kappa shape index (κ2) is 7.28. The van der Waals surface area contributed by atoms with E-state index >= 15 is 0 Å². The van der Waals surface area contributed by atoms with Gasteiger partial charge in [-0.3, -0.25) is 0 Å². The van der Waals surface area contributed by atoms with Crippen LogP contribution >= 0.6 is 0 Å². The molecule has 3 unspecified atom stereocenters. The molecule has 1 N–H and O–H groups in total. The van der Waals surface area contributed by atoms with Gasteiger partial charge in [0.05, 0.1) is 6.10 Å². The summed E-state index contributed by atoms with van der Waals surface area (Å²) in [5.41, 5.74) is 0. The molecule has 0 bridgehead atoms. The van der Waals surface area contributed by atoms with E-state index in [9.17, 15) is 5.11 Å². The van der Waals surface area contributed by atoms with Crippen molar-refractivity contribution in [1.82, 2.24) is 0 Å². The summed E-state index contributed by atoms with van der Waals surface area (Å²) in [5.74, 6) is 2.08. The van der Waals surface area contributed by atoms with Gasteiger partial charge in [-0.15, -0.1) is 0 Å². The standard InChI is InChI=1S/C13H28O/c1-6-11(4)8-12(5)9-13(14)7-10(2)3/h10-14H,6-9H2,1-5H3. The maximum atomic E-state index is 9.78. The van der Waals surface area contributed by atoms with E-state index in [4.69, 9.17) is 0 Å². The zero-order valence-corrected chi connectivity index (χ0v) is 10.6. The van der Waals surface area contributed by atoms with Gasteiger partial charge in [0.1, 0.15) is 0 Å². The molecule has 0 aromatic rings. The quantitative estimate of drug-likeness (QED) is 0.661. The lowest BCUT2D eigenvalue weighted by Crippen LogP contribution is -2.15. The summed E-state index contributed by atoms with van der Waals surface area (Å²) in [5, 5.41) is 9.78. The second-order valence-electron chi connectivity index (χ2n) is 5.37. The Morgan fingerprint density at radius 2 is 1.43 bits per heavy atom. The van der Waals surface area contributed by atoms with Crippen molar-refractivity contribution >= 4 is 0 Å². The summed E-state index contributed by atoms with van der Waals surface area (Å²) < 4.78 is 0. The van der Waals surface area contributed by atoms with Crippen LogP contribution in [0.1, 0.15) is 60.3 Å². The molecule has 0 aromatic carbocycles. The Morgan fingerprint density at radius 3 is 1.86 bits per heavy atom. The monoisotopic (exact) mass is 200 g/mol. The highest BCUT2D eigenvalue weighted by Crippen LogP contribution is 2.21. The minimum Gasteiger partial charge on any atom is -0.393 e. The molecule has 86 valence electrons. The third kappa shape index (κ3) is 7.37. The summed E-state index contributed by atoms with van der Waals surface area (Å²) in [6.07, 6.45) is 4.35. The van der Waals surface area contributed by atoms with Crippen LogP contribution in [-0.4, -0.2) is 11.2 Å². The lowest BCUT2D eigenvalue weighted by Gasteiger charge is -2.20. The van der Waals surface area contributed by atoms with Crippen molar-refractivity contribution in [3.63, 3.8) is 0 Å². The first-order chi connectivity index (χ1) is 6.45. The zero-order chi connectivity index (χ0) is 11.1. The topological polar surface area (TPSA) is 20.2 Å². The molecule has 0 rings (SSSR count). The number of hydrogen-bond donors (Lipinski definition) is 1. The van der Waals surface area contributed by atoms with E-state index in [0.717, 1.165) is 18.8 Å². The zero-order valence-electron chi connectivity index (χ0n) is 10.6. The molecule has 0 saturated carbocycles. The van der Waals surface area contributed by atoms with Crippen LogP contribution in [-0.2, 0) is 0 Å². The maximum Gasteiger partial charge on any atom is 0.0545 e. The first kappa shape index (κ1) is 14.0. The molecule has 0 aliphatic heterocycles. The van der Waals surface area contributed by atoms with E-state index < -0.39 is 0 Å². The van der Waals surface area contributed by atoms with Gasteiger partial charge in [-0.1, -0.05) is 41.0 Å². The minimum atomic E-state index is -0.0888. The molecule has 0 aliphatic rings. The fourth-order valence-electron chi connectivity index (χ4n) is 2.05. The molecular weight excluding hydrogens is 172 g/mol. The van der Waals surface area contributed by atoms with Gasteiger partial charge in [-0.25, -0.2) is 0 Å². The fourth-order valence-corrected chi connectivity index (χ4v) is 2.05. The molecule has 0 aliphatic carbocycles. The summed E-state index contributed by atoms with van der Waals surface area (Å²) >= 11 is 0. The van der Waals surface area contributed by atoms with E-state index in [1.807, 2.05) is 0 Å². The third-order valence-corrected chi connectivity index (χ3v) is 2.92. The van der Waals surface area contributed by atoms with E-state index in [1.54, 1.807) is 0 Å². The van der Waals surface area contributed by atoms with Crippen molar-refractivity contribution in [3.8, 4) is 0 Å². The average molecular weight is 200 g/mol. The van der Waals surface area contributed by atoms with Crippen LogP contribution in [0, 0.1) is 17.8 Å². The highest BCUT2D eigenvalue weighted by Gasteiger charge is 2.13. The predicted octanol–water partition coefficient (Wildman–Crippen LogP) is 3.86. The Morgan fingerprint density at radius 1 is 0.857 bits per heavy atom. The normalized spacial score (nSPS) is 18.2. The van der Waals surface area contributed by atoms with Crippen LogP contribution in [0.2, 0.25) is 0 Å². The lowest BCUT2D eigenvalue weighted by molar-refractivity contribution is 0.117. The summed E-state index contributed by atoms with van der Waals surface area (Å²) in [4.78, 5) is 0. The van der Waals surface area contributed by atoms with E-state index in [2.05, 4.69) is 34.6 Å². The van der Waals surface area contributed by atoms with Gasteiger partial charge in [0, 0.05) is 0 Å².